The number of anilines is 2. The Morgan fingerprint density at radius 2 is 1.69 bits per heavy atom. The molecule has 14 heteroatoms. The van der Waals surface area contributed by atoms with Crippen LogP contribution in [0.15, 0.2) is 84.4 Å². The van der Waals surface area contributed by atoms with Crippen molar-refractivity contribution in [2.75, 3.05) is 69.4 Å². The van der Waals surface area contributed by atoms with Gasteiger partial charge >= 0.3 is 0 Å². The number of methoxy groups -OCH3 is 1. The van der Waals surface area contributed by atoms with E-state index in [4.69, 9.17) is 47.1 Å². The summed E-state index contributed by atoms with van der Waals surface area (Å²) in [4.78, 5) is 16.0. The molecule has 0 N–H and O–H groups in total. The fourth-order valence-corrected chi connectivity index (χ4v) is 7.92. The monoisotopic (exact) mass is 723 g/mol. The number of aliphatic imine (C=N–C) groups is 1. The Hall–Kier alpha value is -3.52. The van der Waals surface area contributed by atoms with Crippen molar-refractivity contribution >= 4 is 57.2 Å². The molecule has 4 aromatic rings. The molecule has 0 bridgehead atoms. The molecule has 0 saturated carbocycles. The maximum Gasteiger partial charge on any atom is 0.217 e. The maximum atomic E-state index is 6.59. The van der Waals surface area contributed by atoms with Gasteiger partial charge in [0, 0.05) is 61.8 Å². The van der Waals surface area contributed by atoms with E-state index in [1.54, 1.807) is 42.0 Å². The van der Waals surface area contributed by atoms with Crippen molar-refractivity contribution in [2.45, 2.75) is 30.8 Å². The average Bonchev–Trinajstić information content (AvgIpc) is 3.89. The quantitative estimate of drug-likeness (QED) is 0.176. The van der Waals surface area contributed by atoms with Gasteiger partial charge in [-0.25, -0.2) is 14.7 Å². The Labute approximate surface area is 300 Å². The molecule has 3 fully saturated rings. The predicted molar refractivity (Wildman–Crippen MR) is 195 cm³/mol. The lowest BCUT2D eigenvalue weighted by Crippen LogP contribution is -2.46. The van der Waals surface area contributed by atoms with E-state index in [1.165, 1.54) is 17.7 Å². The number of hydrogen-bond donors (Lipinski definition) is 0. The van der Waals surface area contributed by atoms with Gasteiger partial charge in [-0.05, 0) is 67.6 Å². The minimum atomic E-state index is -1.15. The first kappa shape index (κ1) is 34.0. The van der Waals surface area contributed by atoms with Crippen LogP contribution in [0.1, 0.15) is 12.5 Å². The summed E-state index contributed by atoms with van der Waals surface area (Å²) >= 11 is 14.4. The number of ether oxygens (including phenoxy) is 4. The minimum Gasteiger partial charge on any atom is -0.491 e. The standard InChI is InChI=1S/C35H39Cl2N7O4S/c1-3-41-19-33(45-2)49-34(41)40-26-5-7-27(8-6-26)42-14-16-43(17-15-42)28-9-11-29(12-10-28)46-20-30-21-47-35(48-30,22-44-24-38-23-39-44)31-13-4-25(36)18-32(31)37/h4-13,18,23-24,30,33H,3,14-17,19-22H2,1-2H3/b40-34+. The molecular formula is C35H39Cl2N7O4S. The topological polar surface area (TPSA) is 89.7 Å². The lowest BCUT2D eigenvalue weighted by atomic mass is 10.1. The van der Waals surface area contributed by atoms with E-state index >= 15 is 0 Å². The lowest BCUT2D eigenvalue weighted by Gasteiger charge is -2.37. The minimum absolute atomic E-state index is 0.139. The van der Waals surface area contributed by atoms with Gasteiger partial charge in [-0.3, -0.25) is 0 Å². The molecule has 0 radical (unpaired) electrons. The Morgan fingerprint density at radius 1 is 0.980 bits per heavy atom. The van der Waals surface area contributed by atoms with Crippen LogP contribution in [0.2, 0.25) is 10.0 Å². The van der Waals surface area contributed by atoms with Crippen molar-refractivity contribution in [1.82, 2.24) is 19.7 Å². The van der Waals surface area contributed by atoms with Crippen LogP contribution in [-0.2, 0) is 26.5 Å². The predicted octanol–water partition coefficient (Wildman–Crippen LogP) is 6.29. The highest BCUT2D eigenvalue weighted by atomic mass is 35.5. The second-order valence-electron chi connectivity index (χ2n) is 12.0. The molecule has 3 aliphatic rings. The number of rotatable bonds is 11. The van der Waals surface area contributed by atoms with Gasteiger partial charge in [-0.2, -0.15) is 5.10 Å². The van der Waals surface area contributed by atoms with Crippen molar-refractivity contribution in [3.05, 3.63) is 95.0 Å². The first-order valence-corrected chi connectivity index (χ1v) is 18.0. The van der Waals surface area contributed by atoms with Crippen LogP contribution in [0.3, 0.4) is 0 Å². The summed E-state index contributed by atoms with van der Waals surface area (Å²) in [5, 5.41) is 6.25. The van der Waals surface area contributed by atoms with Crippen LogP contribution in [0.25, 0.3) is 0 Å². The number of benzene rings is 3. The van der Waals surface area contributed by atoms with Crippen molar-refractivity contribution in [2.24, 2.45) is 4.99 Å². The highest BCUT2D eigenvalue weighted by Crippen LogP contribution is 2.40. The van der Waals surface area contributed by atoms with Gasteiger partial charge in [-0.1, -0.05) is 41.0 Å². The molecule has 7 rings (SSSR count). The number of likely N-dealkylation sites (N-methyl/N-ethyl adjacent to an activating group) is 1. The SMILES string of the molecule is CCN1CC(OC)S/C1=N/c1ccc(N2CCN(c3ccc(OCC4COC(Cn5cncn5)(c5ccc(Cl)cc5Cl)O4)cc3)CC2)cc1. The Morgan fingerprint density at radius 3 is 2.33 bits per heavy atom. The summed E-state index contributed by atoms with van der Waals surface area (Å²) in [6.07, 6.45) is 2.77. The van der Waals surface area contributed by atoms with Gasteiger partial charge in [0.25, 0.3) is 0 Å². The Bertz CT molecular complexity index is 1720. The van der Waals surface area contributed by atoms with Gasteiger partial charge in [0.15, 0.2) is 5.17 Å². The zero-order chi connectivity index (χ0) is 33.8. The second kappa shape index (κ2) is 15.2. The van der Waals surface area contributed by atoms with E-state index in [0.29, 0.717) is 28.8 Å². The zero-order valence-corrected chi connectivity index (χ0v) is 29.8. The molecule has 0 spiro atoms. The summed E-state index contributed by atoms with van der Waals surface area (Å²) in [6.45, 7) is 8.60. The first-order chi connectivity index (χ1) is 23.9. The van der Waals surface area contributed by atoms with E-state index < -0.39 is 5.79 Å². The molecule has 0 amide bonds. The highest BCUT2D eigenvalue weighted by molar-refractivity contribution is 8.14. The lowest BCUT2D eigenvalue weighted by molar-refractivity contribution is -0.190. The number of amidine groups is 1. The maximum absolute atomic E-state index is 6.59. The van der Waals surface area contributed by atoms with Crippen LogP contribution in [-0.4, -0.2) is 96.0 Å². The van der Waals surface area contributed by atoms with Gasteiger partial charge in [0.05, 0.1) is 23.9 Å². The second-order valence-corrected chi connectivity index (χ2v) is 14.0. The van der Waals surface area contributed by atoms with E-state index in [1.807, 2.05) is 18.2 Å². The molecule has 3 atom stereocenters. The third-order valence-electron chi connectivity index (χ3n) is 8.92. The van der Waals surface area contributed by atoms with Crippen LogP contribution in [0.5, 0.6) is 5.75 Å². The average molecular weight is 725 g/mol. The molecule has 3 saturated heterocycles. The van der Waals surface area contributed by atoms with Crippen molar-refractivity contribution in [3.8, 4) is 5.75 Å². The zero-order valence-electron chi connectivity index (χ0n) is 27.5. The van der Waals surface area contributed by atoms with Gasteiger partial charge in [0.1, 0.15) is 43.1 Å². The number of halogens is 2. The van der Waals surface area contributed by atoms with E-state index in [-0.39, 0.29) is 18.1 Å². The van der Waals surface area contributed by atoms with E-state index in [0.717, 1.165) is 55.9 Å². The number of aromatic nitrogens is 3. The normalized spacial score (nSPS) is 23.5. The first-order valence-electron chi connectivity index (χ1n) is 16.4. The molecule has 1 aromatic heterocycles. The summed E-state index contributed by atoms with van der Waals surface area (Å²) in [5.74, 6) is -0.380. The number of nitrogens with zero attached hydrogens (tertiary/aromatic N) is 7. The van der Waals surface area contributed by atoms with Crippen molar-refractivity contribution in [1.29, 1.82) is 0 Å². The number of piperazine rings is 1. The summed E-state index contributed by atoms with van der Waals surface area (Å²) in [6, 6.07) is 22.1. The van der Waals surface area contributed by atoms with Gasteiger partial charge in [-0.15, -0.1) is 0 Å². The number of thioether (sulfide) groups is 1. The molecule has 0 aliphatic carbocycles. The number of hydrogen-bond acceptors (Lipinski definition) is 10. The smallest absolute Gasteiger partial charge is 0.217 e. The van der Waals surface area contributed by atoms with Gasteiger partial charge < -0.3 is 33.6 Å². The molecule has 258 valence electrons. The molecule has 49 heavy (non-hydrogen) atoms. The summed E-state index contributed by atoms with van der Waals surface area (Å²) in [7, 11) is 1.75. The third-order valence-corrected chi connectivity index (χ3v) is 10.6. The molecule has 3 aliphatic heterocycles. The molecule has 4 heterocycles. The summed E-state index contributed by atoms with van der Waals surface area (Å²) in [5.41, 5.74) is 4.17. The molecular weight excluding hydrogens is 685 g/mol. The largest absolute Gasteiger partial charge is 0.491 e. The van der Waals surface area contributed by atoms with E-state index in [9.17, 15) is 0 Å². The highest BCUT2D eigenvalue weighted by Gasteiger charge is 2.45. The van der Waals surface area contributed by atoms with Crippen LogP contribution in [0.4, 0.5) is 17.1 Å². The van der Waals surface area contributed by atoms with Crippen molar-refractivity contribution < 1.29 is 18.9 Å². The van der Waals surface area contributed by atoms with Crippen LogP contribution in [0, 0.1) is 0 Å². The fourth-order valence-electron chi connectivity index (χ4n) is 6.27. The van der Waals surface area contributed by atoms with E-state index in [2.05, 4.69) is 68.1 Å². The van der Waals surface area contributed by atoms with Crippen LogP contribution >= 0.6 is 35.0 Å². The van der Waals surface area contributed by atoms with Gasteiger partial charge in [0.2, 0.25) is 5.79 Å². The summed E-state index contributed by atoms with van der Waals surface area (Å²) < 4.78 is 26.1. The van der Waals surface area contributed by atoms with Crippen LogP contribution < -0.4 is 14.5 Å². The molecule has 3 aromatic carbocycles. The van der Waals surface area contributed by atoms with Crippen molar-refractivity contribution in [3.63, 3.8) is 0 Å². The Kier molecular flexibility index (Phi) is 10.5. The Balaban J connectivity index is 0.912. The third kappa shape index (κ3) is 7.79. The molecule has 3 unspecified atom stereocenters. The molecule has 11 nitrogen and oxygen atoms in total. The fraction of sp³-hybridized carbons (Fsp3) is 0.400.